The van der Waals surface area contributed by atoms with Gasteiger partial charge in [0.25, 0.3) is 0 Å². The van der Waals surface area contributed by atoms with Gasteiger partial charge in [0.2, 0.25) is 0 Å². The molecule has 4 aromatic carbocycles. The Balaban J connectivity index is 0.000000221. The maximum Gasteiger partial charge on any atom is 0.119 e. The molecule has 0 saturated carbocycles. The third kappa shape index (κ3) is 14.8. The van der Waals surface area contributed by atoms with Crippen molar-refractivity contribution in [2.45, 2.75) is 79.1 Å². The van der Waals surface area contributed by atoms with Gasteiger partial charge in [0.15, 0.2) is 0 Å². The monoisotopic (exact) mass is 775 g/mol. The topological polar surface area (TPSA) is 107 Å². The molecule has 0 aliphatic carbocycles. The molecule has 0 aliphatic heterocycles. The van der Waals surface area contributed by atoms with Gasteiger partial charge < -0.3 is 9.47 Å². The molecule has 0 radical (unpaired) electrons. The molecule has 0 aliphatic rings. The molecule has 2 unspecified atom stereocenters. The molecule has 6 rings (SSSR count). The van der Waals surface area contributed by atoms with Gasteiger partial charge in [0, 0.05) is 30.4 Å². The van der Waals surface area contributed by atoms with E-state index in [0.29, 0.717) is 11.8 Å². The minimum atomic E-state index is 0.625. The van der Waals surface area contributed by atoms with Crippen LogP contribution in [0.5, 0.6) is 11.5 Å². The predicted octanol–water partition coefficient (Wildman–Crippen LogP) is 14.9. The van der Waals surface area contributed by atoms with Crippen LogP contribution < -0.4 is 9.47 Å². The standard InChI is InChI=1S/C25H29N3O.C24H28N4O/c1-3-5-7-20(4-2)19-29-25-15-13-24(14-16-25)28-27-23-11-9-21(10-12-23)22-8-6-17-26-18-22;1-3-5-6-19(4-2)17-29-24-13-11-23(12-14-24)28-27-22-9-7-20(8-10-22)21-15-25-18-26-16-21/h6,8-18,20H,3-5,7,19H2,1-2H3;7-16,18-19H,3-6,17H2,1-2H3. The number of aromatic nitrogens is 3. The Hall–Kier alpha value is -6.09. The minimum Gasteiger partial charge on any atom is -0.493 e. The Kier molecular flexibility index (Phi) is 18.2. The maximum atomic E-state index is 5.95. The van der Waals surface area contributed by atoms with E-state index in [0.717, 1.165) is 82.6 Å². The molecule has 9 nitrogen and oxygen atoms in total. The average Bonchev–Trinajstić information content (AvgIpc) is 3.29. The van der Waals surface area contributed by atoms with E-state index in [4.69, 9.17) is 9.47 Å². The number of hydrogen-bond donors (Lipinski definition) is 0. The third-order valence-corrected chi connectivity index (χ3v) is 9.92. The minimum absolute atomic E-state index is 0.625. The van der Waals surface area contributed by atoms with Crippen LogP contribution in [0.4, 0.5) is 22.7 Å². The molecule has 0 amide bonds. The number of rotatable bonds is 20. The summed E-state index contributed by atoms with van der Waals surface area (Å²) in [5.41, 5.74) is 7.46. The van der Waals surface area contributed by atoms with Crippen LogP contribution in [0.1, 0.15) is 79.1 Å². The van der Waals surface area contributed by atoms with Crippen LogP contribution in [0.25, 0.3) is 22.3 Å². The lowest BCUT2D eigenvalue weighted by Gasteiger charge is -2.15. The molecule has 0 N–H and O–H groups in total. The Labute approximate surface area is 344 Å². The first-order chi connectivity index (χ1) is 28.6. The second kappa shape index (κ2) is 24.5. The molecule has 6 aromatic rings. The second-order valence-corrected chi connectivity index (χ2v) is 14.3. The van der Waals surface area contributed by atoms with E-state index in [1.54, 1.807) is 18.6 Å². The molecule has 0 bridgehead atoms. The summed E-state index contributed by atoms with van der Waals surface area (Å²) in [7, 11) is 0. The van der Waals surface area contributed by atoms with E-state index in [1.165, 1.54) is 44.9 Å². The summed E-state index contributed by atoms with van der Waals surface area (Å²) in [6, 6.07) is 35.4. The third-order valence-electron chi connectivity index (χ3n) is 9.92. The fourth-order valence-corrected chi connectivity index (χ4v) is 6.10. The van der Waals surface area contributed by atoms with Gasteiger partial charge in [-0.1, -0.05) is 96.6 Å². The lowest BCUT2D eigenvalue weighted by molar-refractivity contribution is 0.233. The van der Waals surface area contributed by atoms with Gasteiger partial charge in [-0.2, -0.15) is 20.5 Å². The van der Waals surface area contributed by atoms with Gasteiger partial charge in [-0.3, -0.25) is 4.98 Å². The van der Waals surface area contributed by atoms with Crippen LogP contribution >= 0.6 is 0 Å². The number of azo groups is 2. The molecule has 2 heterocycles. The van der Waals surface area contributed by atoms with E-state index < -0.39 is 0 Å². The highest BCUT2D eigenvalue weighted by atomic mass is 16.5. The second-order valence-electron chi connectivity index (χ2n) is 14.3. The normalized spacial score (nSPS) is 12.2. The summed E-state index contributed by atoms with van der Waals surface area (Å²) in [4.78, 5) is 12.2. The van der Waals surface area contributed by atoms with Gasteiger partial charge in [0.1, 0.15) is 17.8 Å². The molecule has 9 heteroatoms. The lowest BCUT2D eigenvalue weighted by Crippen LogP contribution is -2.11. The van der Waals surface area contributed by atoms with E-state index in [9.17, 15) is 0 Å². The number of hydrogen-bond acceptors (Lipinski definition) is 9. The van der Waals surface area contributed by atoms with Crippen LogP contribution in [0.2, 0.25) is 0 Å². The number of benzene rings is 4. The first kappa shape index (κ1) is 43.0. The number of nitrogens with zero attached hydrogens (tertiary/aromatic N) is 7. The highest BCUT2D eigenvalue weighted by molar-refractivity contribution is 5.65. The van der Waals surface area contributed by atoms with Gasteiger partial charge in [-0.05, 0) is 120 Å². The fourth-order valence-electron chi connectivity index (χ4n) is 6.10. The van der Waals surface area contributed by atoms with Crippen molar-refractivity contribution in [2.75, 3.05) is 13.2 Å². The van der Waals surface area contributed by atoms with E-state index >= 15 is 0 Å². The first-order valence-corrected chi connectivity index (χ1v) is 20.7. The molecule has 0 fully saturated rings. The van der Waals surface area contributed by atoms with Crippen LogP contribution in [0, 0.1) is 11.8 Å². The summed E-state index contributed by atoms with van der Waals surface area (Å²) in [6.45, 7) is 10.5. The van der Waals surface area contributed by atoms with Crippen molar-refractivity contribution in [1.82, 2.24) is 15.0 Å². The van der Waals surface area contributed by atoms with Gasteiger partial charge >= 0.3 is 0 Å². The number of unbranched alkanes of at least 4 members (excludes halogenated alkanes) is 2. The van der Waals surface area contributed by atoms with E-state index in [1.807, 2.05) is 115 Å². The molecular weight excluding hydrogens is 719 g/mol. The zero-order valence-electron chi connectivity index (χ0n) is 34.5. The molecular formula is C49H57N7O2. The molecule has 2 aromatic heterocycles. The average molecular weight is 776 g/mol. The SMILES string of the molecule is CCCCC(CC)COc1ccc(N=Nc2ccc(-c3cccnc3)cc2)cc1.CCCCC(CC)COc1ccc(N=Nc2ccc(-c3cncnc3)cc2)cc1. The van der Waals surface area contributed by atoms with E-state index in [-0.39, 0.29) is 0 Å². The predicted molar refractivity (Wildman–Crippen MR) is 236 cm³/mol. The molecule has 2 atom stereocenters. The highest BCUT2D eigenvalue weighted by Gasteiger charge is 2.08. The lowest BCUT2D eigenvalue weighted by atomic mass is 10.0. The van der Waals surface area contributed by atoms with Crippen molar-refractivity contribution >= 4 is 22.7 Å². The van der Waals surface area contributed by atoms with Crippen LogP contribution in [-0.4, -0.2) is 28.2 Å². The zero-order chi connectivity index (χ0) is 40.6. The summed E-state index contributed by atoms with van der Waals surface area (Å²) in [5, 5.41) is 17.3. The van der Waals surface area contributed by atoms with Gasteiger partial charge in [0.05, 0.1) is 36.0 Å². The number of pyridine rings is 1. The summed E-state index contributed by atoms with van der Waals surface area (Å²) in [5.74, 6) is 3.02. The van der Waals surface area contributed by atoms with Crippen LogP contribution in [0.15, 0.2) is 161 Å². The van der Waals surface area contributed by atoms with Crippen molar-refractivity contribution in [3.8, 4) is 33.8 Å². The van der Waals surface area contributed by atoms with Crippen molar-refractivity contribution in [2.24, 2.45) is 32.3 Å². The Morgan fingerprint density at radius 1 is 0.448 bits per heavy atom. The van der Waals surface area contributed by atoms with Gasteiger partial charge in [-0.25, -0.2) is 9.97 Å². The highest BCUT2D eigenvalue weighted by Crippen LogP contribution is 2.27. The van der Waals surface area contributed by atoms with Gasteiger partial charge in [-0.15, -0.1) is 0 Å². The van der Waals surface area contributed by atoms with Crippen molar-refractivity contribution in [3.05, 3.63) is 140 Å². The fraction of sp³-hybridized carbons (Fsp3) is 0.327. The first-order valence-electron chi connectivity index (χ1n) is 20.7. The van der Waals surface area contributed by atoms with Crippen molar-refractivity contribution in [3.63, 3.8) is 0 Å². The van der Waals surface area contributed by atoms with Crippen LogP contribution in [-0.2, 0) is 0 Å². The Morgan fingerprint density at radius 2 is 0.845 bits per heavy atom. The van der Waals surface area contributed by atoms with E-state index in [2.05, 4.69) is 63.1 Å². The smallest absolute Gasteiger partial charge is 0.119 e. The van der Waals surface area contributed by atoms with Crippen molar-refractivity contribution in [1.29, 1.82) is 0 Å². The van der Waals surface area contributed by atoms with Crippen molar-refractivity contribution < 1.29 is 9.47 Å². The molecule has 0 spiro atoms. The molecule has 58 heavy (non-hydrogen) atoms. The Morgan fingerprint density at radius 3 is 1.22 bits per heavy atom. The van der Waals surface area contributed by atoms with Crippen LogP contribution in [0.3, 0.4) is 0 Å². The number of ether oxygens (including phenoxy) is 2. The summed E-state index contributed by atoms with van der Waals surface area (Å²) in [6.07, 6.45) is 18.5. The summed E-state index contributed by atoms with van der Waals surface area (Å²) < 4.78 is 11.9. The Bertz CT molecular complexity index is 1900. The largest absolute Gasteiger partial charge is 0.493 e. The quantitative estimate of drug-likeness (QED) is 0.0718. The summed E-state index contributed by atoms with van der Waals surface area (Å²) >= 11 is 0. The maximum absolute atomic E-state index is 5.95. The molecule has 0 saturated heterocycles. The molecule has 300 valence electrons. The zero-order valence-corrected chi connectivity index (χ0v) is 34.5.